The zero-order chi connectivity index (χ0) is 17.3. The summed E-state index contributed by atoms with van der Waals surface area (Å²) >= 11 is 0. The van der Waals surface area contributed by atoms with Crippen LogP contribution in [-0.4, -0.2) is 48.5 Å². The number of amides is 2. The van der Waals surface area contributed by atoms with Gasteiger partial charge in [-0.05, 0) is 18.6 Å². The number of carbonyl (C=O) groups is 2. The summed E-state index contributed by atoms with van der Waals surface area (Å²) in [6.45, 7) is 1.71. The van der Waals surface area contributed by atoms with Gasteiger partial charge in [-0.25, -0.2) is 8.42 Å². The Balaban J connectivity index is 1.91. The van der Waals surface area contributed by atoms with E-state index in [4.69, 9.17) is 0 Å². The lowest BCUT2D eigenvalue weighted by Crippen LogP contribution is -2.44. The van der Waals surface area contributed by atoms with Gasteiger partial charge >= 0.3 is 0 Å². The van der Waals surface area contributed by atoms with E-state index in [1.54, 1.807) is 31.2 Å². The number of sulfone groups is 1. The summed E-state index contributed by atoms with van der Waals surface area (Å²) in [7, 11) is -3.14. The normalized spacial score (nSPS) is 22.5. The van der Waals surface area contributed by atoms with Crippen LogP contribution in [0.1, 0.15) is 26.2 Å². The van der Waals surface area contributed by atoms with Crippen molar-refractivity contribution in [1.82, 2.24) is 4.90 Å². The molecule has 2 aliphatic rings. The van der Waals surface area contributed by atoms with Crippen LogP contribution in [0.2, 0.25) is 0 Å². The molecule has 128 valence electrons. The maximum atomic E-state index is 12.4. The van der Waals surface area contributed by atoms with Gasteiger partial charge in [-0.1, -0.05) is 25.1 Å². The van der Waals surface area contributed by atoms with E-state index in [-0.39, 0.29) is 36.2 Å². The Morgan fingerprint density at radius 3 is 2.62 bits per heavy atom. The number of hydrogen-bond donors (Lipinski definition) is 0. The van der Waals surface area contributed by atoms with E-state index in [1.165, 1.54) is 9.91 Å². The summed E-state index contributed by atoms with van der Waals surface area (Å²) in [6, 6.07) is 8.52. The number of anilines is 1. The van der Waals surface area contributed by atoms with Crippen LogP contribution in [0, 0.1) is 0 Å². The Hall–Kier alpha value is -2.22. The molecular formula is C16H19N3O4S. The van der Waals surface area contributed by atoms with E-state index in [0.29, 0.717) is 17.9 Å². The van der Waals surface area contributed by atoms with E-state index in [0.717, 1.165) is 0 Å². The zero-order valence-corrected chi connectivity index (χ0v) is 14.2. The fraction of sp³-hybridized carbons (Fsp3) is 0.438. The summed E-state index contributed by atoms with van der Waals surface area (Å²) in [5.74, 6) is -0.117. The topological polar surface area (TPSA) is 87.1 Å². The number of hydrazone groups is 1. The second-order valence-corrected chi connectivity index (χ2v) is 8.14. The highest BCUT2D eigenvalue weighted by Gasteiger charge is 2.39. The molecule has 2 heterocycles. The molecule has 8 heteroatoms. The first-order valence-electron chi connectivity index (χ1n) is 7.89. The van der Waals surface area contributed by atoms with E-state index >= 15 is 0 Å². The maximum absolute atomic E-state index is 12.4. The molecule has 2 aliphatic heterocycles. The van der Waals surface area contributed by atoms with E-state index in [9.17, 15) is 18.0 Å². The Morgan fingerprint density at radius 1 is 1.33 bits per heavy atom. The van der Waals surface area contributed by atoms with Crippen LogP contribution in [0.5, 0.6) is 0 Å². The van der Waals surface area contributed by atoms with Crippen molar-refractivity contribution in [2.24, 2.45) is 5.10 Å². The van der Waals surface area contributed by atoms with Gasteiger partial charge in [0.1, 0.15) is 5.84 Å². The highest BCUT2D eigenvalue weighted by molar-refractivity contribution is 7.91. The minimum absolute atomic E-state index is 0.00280. The number of nitrogens with zero attached hydrogens (tertiary/aromatic N) is 3. The Bertz CT molecular complexity index is 789. The van der Waals surface area contributed by atoms with Gasteiger partial charge in [0.05, 0.1) is 29.7 Å². The number of rotatable bonds is 3. The lowest BCUT2D eigenvalue weighted by atomic mass is 10.2. The molecule has 2 amide bonds. The summed E-state index contributed by atoms with van der Waals surface area (Å²) < 4.78 is 23.5. The number of benzene rings is 1. The van der Waals surface area contributed by atoms with Crippen molar-refractivity contribution in [3.63, 3.8) is 0 Å². The van der Waals surface area contributed by atoms with Gasteiger partial charge in [0.25, 0.3) is 5.91 Å². The summed E-state index contributed by atoms with van der Waals surface area (Å²) in [5, 5.41) is 5.58. The van der Waals surface area contributed by atoms with Gasteiger partial charge in [0.2, 0.25) is 5.91 Å². The number of amidine groups is 1. The first-order chi connectivity index (χ1) is 11.4. The van der Waals surface area contributed by atoms with Gasteiger partial charge < -0.3 is 0 Å². The van der Waals surface area contributed by atoms with Crippen molar-refractivity contribution in [3.8, 4) is 0 Å². The highest BCUT2D eigenvalue weighted by atomic mass is 32.2. The predicted octanol–water partition coefficient (Wildman–Crippen LogP) is 1.16. The third-order valence-corrected chi connectivity index (χ3v) is 5.93. The van der Waals surface area contributed by atoms with Crippen molar-refractivity contribution >= 4 is 33.2 Å². The van der Waals surface area contributed by atoms with Crippen LogP contribution in [0.4, 0.5) is 5.69 Å². The molecule has 0 radical (unpaired) electrons. The second-order valence-electron chi connectivity index (χ2n) is 5.91. The summed E-state index contributed by atoms with van der Waals surface area (Å²) in [5.41, 5.74) is 0.625. The quantitative estimate of drug-likeness (QED) is 0.819. The van der Waals surface area contributed by atoms with Crippen LogP contribution >= 0.6 is 0 Å². The fourth-order valence-corrected chi connectivity index (χ4v) is 4.73. The Kier molecular flexibility index (Phi) is 4.40. The molecule has 1 aromatic rings. The molecule has 1 fully saturated rings. The molecule has 7 nitrogen and oxygen atoms in total. The zero-order valence-electron chi connectivity index (χ0n) is 13.4. The van der Waals surface area contributed by atoms with Crippen molar-refractivity contribution in [3.05, 3.63) is 30.3 Å². The van der Waals surface area contributed by atoms with Crippen LogP contribution in [-0.2, 0) is 19.4 Å². The molecule has 0 spiro atoms. The SMILES string of the molecule is CCC(=O)N(C1=NN(c2ccccc2)C(=O)C1)C1CCS(=O)(=O)C1. The fourth-order valence-electron chi connectivity index (χ4n) is 3.03. The molecular weight excluding hydrogens is 330 g/mol. The average Bonchev–Trinajstić information content (AvgIpc) is 3.11. The average molecular weight is 349 g/mol. The third kappa shape index (κ3) is 3.19. The molecule has 1 atom stereocenters. The standard InChI is InChI=1S/C16H19N3O4S/c1-2-15(20)18(13-8-9-24(22,23)11-13)14-10-16(21)19(17-14)12-6-4-3-5-7-12/h3-7,13H,2,8-11H2,1H3. The van der Waals surface area contributed by atoms with Gasteiger partial charge in [-0.2, -0.15) is 10.1 Å². The molecule has 1 aromatic carbocycles. The molecule has 0 aliphatic carbocycles. The van der Waals surface area contributed by atoms with Crippen LogP contribution in [0.15, 0.2) is 35.4 Å². The summed E-state index contributed by atoms with van der Waals surface area (Å²) in [4.78, 5) is 26.1. The second kappa shape index (κ2) is 6.35. The lowest BCUT2D eigenvalue weighted by molar-refractivity contribution is -0.128. The van der Waals surface area contributed by atoms with Gasteiger partial charge in [0.15, 0.2) is 9.84 Å². The van der Waals surface area contributed by atoms with Gasteiger partial charge in [0, 0.05) is 6.42 Å². The predicted molar refractivity (Wildman–Crippen MR) is 90.2 cm³/mol. The molecule has 1 saturated heterocycles. The molecule has 3 rings (SSSR count). The number of hydrogen-bond acceptors (Lipinski definition) is 5. The van der Waals surface area contributed by atoms with Gasteiger partial charge in [-0.15, -0.1) is 0 Å². The van der Waals surface area contributed by atoms with Crippen molar-refractivity contribution < 1.29 is 18.0 Å². The number of carbonyl (C=O) groups excluding carboxylic acids is 2. The summed E-state index contributed by atoms with van der Waals surface area (Å²) in [6.07, 6.45) is 0.610. The van der Waals surface area contributed by atoms with Gasteiger partial charge in [-0.3, -0.25) is 14.5 Å². The minimum Gasteiger partial charge on any atom is -0.294 e. The Labute approximate surface area is 140 Å². The van der Waals surface area contributed by atoms with Crippen molar-refractivity contribution in [2.45, 2.75) is 32.2 Å². The van der Waals surface area contributed by atoms with Crippen LogP contribution < -0.4 is 5.01 Å². The molecule has 24 heavy (non-hydrogen) atoms. The first kappa shape index (κ1) is 16.6. The largest absolute Gasteiger partial charge is 0.294 e. The first-order valence-corrected chi connectivity index (χ1v) is 9.71. The van der Waals surface area contributed by atoms with Crippen LogP contribution in [0.3, 0.4) is 0 Å². The van der Waals surface area contributed by atoms with E-state index < -0.39 is 15.9 Å². The monoisotopic (exact) mass is 349 g/mol. The molecule has 0 saturated carbocycles. The maximum Gasteiger partial charge on any atom is 0.255 e. The van der Waals surface area contributed by atoms with Crippen molar-refractivity contribution in [2.75, 3.05) is 16.5 Å². The third-order valence-electron chi connectivity index (χ3n) is 4.18. The molecule has 0 aromatic heterocycles. The Morgan fingerprint density at radius 2 is 2.04 bits per heavy atom. The van der Waals surface area contributed by atoms with E-state index in [1.807, 2.05) is 6.07 Å². The minimum atomic E-state index is -3.14. The lowest BCUT2D eigenvalue weighted by Gasteiger charge is -2.26. The van der Waals surface area contributed by atoms with E-state index in [2.05, 4.69) is 5.10 Å². The molecule has 0 N–H and O–H groups in total. The molecule has 0 bridgehead atoms. The smallest absolute Gasteiger partial charge is 0.255 e. The highest BCUT2D eigenvalue weighted by Crippen LogP contribution is 2.25. The van der Waals surface area contributed by atoms with Crippen molar-refractivity contribution in [1.29, 1.82) is 0 Å². The number of para-hydroxylation sites is 1. The molecule has 1 unspecified atom stereocenters. The van der Waals surface area contributed by atoms with Crippen LogP contribution in [0.25, 0.3) is 0 Å².